The number of rotatable bonds is 7. The molecule has 1 aromatic heterocycles. The average Bonchev–Trinajstić information content (AvgIpc) is 3.25. The Hall–Kier alpha value is -3.44. The number of carbonyl (C=O) groups excluding carboxylic acids is 2. The number of carbonyl (C=O) groups is 2. The molecule has 1 aliphatic heterocycles. The maximum absolute atomic E-state index is 13.6. The van der Waals surface area contributed by atoms with Gasteiger partial charge in [-0.1, -0.05) is 0 Å². The second-order valence-corrected chi connectivity index (χ2v) is 11.3. The Balaban J connectivity index is 1.87. The van der Waals surface area contributed by atoms with E-state index < -0.39 is 21.7 Å². The number of nitrogens with one attached hydrogen (secondary N) is 2. The zero-order valence-corrected chi connectivity index (χ0v) is 21.9. The van der Waals surface area contributed by atoms with Crippen LogP contribution in [-0.4, -0.2) is 60.8 Å². The molecule has 2 unspecified atom stereocenters. The first-order chi connectivity index (χ1) is 17.5. The Kier molecular flexibility index (Phi) is 7.56. The molecule has 3 aromatic rings. The molecule has 9 nitrogen and oxygen atoms in total. The Morgan fingerprint density at radius 2 is 1.92 bits per heavy atom. The topological polar surface area (TPSA) is 118 Å². The number of sulfonamides is 1. The van der Waals surface area contributed by atoms with Crippen LogP contribution in [0.3, 0.4) is 0 Å². The summed E-state index contributed by atoms with van der Waals surface area (Å²) in [7, 11) is 0.703. The van der Waals surface area contributed by atoms with Gasteiger partial charge in [-0.3, -0.25) is 13.9 Å². The van der Waals surface area contributed by atoms with Crippen molar-refractivity contribution in [3.8, 4) is 11.3 Å². The fraction of sp³-hybridized carbons (Fsp3) is 0.385. The van der Waals surface area contributed by atoms with Crippen molar-refractivity contribution in [3.63, 3.8) is 0 Å². The molecule has 4 rings (SSSR count). The van der Waals surface area contributed by atoms with Crippen molar-refractivity contribution in [2.45, 2.75) is 12.8 Å². The number of anilines is 1. The van der Waals surface area contributed by atoms with Crippen LogP contribution in [0.5, 0.6) is 0 Å². The van der Waals surface area contributed by atoms with Gasteiger partial charge in [-0.25, -0.2) is 12.8 Å². The van der Waals surface area contributed by atoms with E-state index in [4.69, 9.17) is 9.15 Å². The van der Waals surface area contributed by atoms with Gasteiger partial charge in [-0.05, 0) is 61.2 Å². The van der Waals surface area contributed by atoms with E-state index in [0.717, 1.165) is 6.26 Å². The summed E-state index contributed by atoms with van der Waals surface area (Å²) in [5, 5.41) is 6.39. The molecular formula is C26H30FN3O6S. The summed E-state index contributed by atoms with van der Waals surface area (Å²) in [4.78, 5) is 25.1. The Labute approximate surface area is 215 Å². The quantitative estimate of drug-likeness (QED) is 0.450. The Bertz CT molecular complexity index is 1430. The summed E-state index contributed by atoms with van der Waals surface area (Å²) < 4.78 is 50.7. The number of amides is 1. The molecule has 2 atom stereocenters. The minimum absolute atomic E-state index is 0.0222. The standard InChI is InChI=1S/C26H30FN3O6S/c1-28-25(31)23-20-11-17(9-15-10-18(14-29-13-15)26(32)35-3)21(30(2)37(4,33)34)12-22(20)36-24(23)16-5-7-19(27)8-6-16/h5-8,11-12,15,18,29H,9-10,13-14H2,1-4H3,(H,28,31). The van der Waals surface area contributed by atoms with E-state index in [2.05, 4.69) is 10.6 Å². The van der Waals surface area contributed by atoms with E-state index in [1.54, 1.807) is 12.1 Å². The van der Waals surface area contributed by atoms with Crippen molar-refractivity contribution < 1.29 is 31.6 Å². The lowest BCUT2D eigenvalue weighted by molar-refractivity contribution is -0.146. The molecule has 1 saturated heterocycles. The summed E-state index contributed by atoms with van der Waals surface area (Å²) in [6.07, 6.45) is 2.14. The number of methoxy groups -OCH3 is 1. The summed E-state index contributed by atoms with van der Waals surface area (Å²) in [6.45, 7) is 1.16. The lowest BCUT2D eigenvalue weighted by Gasteiger charge is -2.30. The van der Waals surface area contributed by atoms with Gasteiger partial charge in [0.2, 0.25) is 10.0 Å². The molecule has 0 radical (unpaired) electrons. The molecule has 198 valence electrons. The van der Waals surface area contributed by atoms with E-state index in [0.29, 0.717) is 53.7 Å². The zero-order valence-electron chi connectivity index (χ0n) is 21.1. The third-order valence-electron chi connectivity index (χ3n) is 6.77. The number of esters is 1. The lowest BCUT2D eigenvalue weighted by atomic mass is 9.85. The molecule has 0 spiro atoms. The van der Waals surface area contributed by atoms with Crippen molar-refractivity contribution in [3.05, 3.63) is 53.3 Å². The molecule has 0 aliphatic carbocycles. The maximum atomic E-state index is 13.6. The van der Waals surface area contributed by atoms with Crippen molar-refractivity contribution >= 4 is 38.6 Å². The fourth-order valence-corrected chi connectivity index (χ4v) is 5.34. The third kappa shape index (κ3) is 5.47. The summed E-state index contributed by atoms with van der Waals surface area (Å²) in [5.41, 5.74) is 2.20. The molecule has 2 N–H and O–H groups in total. The second-order valence-electron chi connectivity index (χ2n) is 9.28. The van der Waals surface area contributed by atoms with Gasteiger partial charge >= 0.3 is 5.97 Å². The Morgan fingerprint density at radius 3 is 2.54 bits per heavy atom. The van der Waals surface area contributed by atoms with Gasteiger partial charge in [0.25, 0.3) is 5.91 Å². The molecule has 1 fully saturated rings. The molecule has 1 amide bonds. The molecule has 1 aliphatic rings. The van der Waals surface area contributed by atoms with Crippen LogP contribution >= 0.6 is 0 Å². The summed E-state index contributed by atoms with van der Waals surface area (Å²) >= 11 is 0. The number of ether oxygens (including phenoxy) is 1. The number of halogens is 1. The second kappa shape index (κ2) is 10.5. The molecule has 11 heteroatoms. The van der Waals surface area contributed by atoms with Crippen LogP contribution in [0.25, 0.3) is 22.3 Å². The number of hydrogen-bond donors (Lipinski definition) is 2. The molecule has 0 bridgehead atoms. The van der Waals surface area contributed by atoms with E-state index in [-0.39, 0.29) is 29.1 Å². The van der Waals surface area contributed by atoms with E-state index in [1.165, 1.54) is 49.8 Å². The van der Waals surface area contributed by atoms with Crippen molar-refractivity contribution in [2.24, 2.45) is 11.8 Å². The van der Waals surface area contributed by atoms with E-state index in [1.807, 2.05) is 0 Å². The average molecular weight is 532 g/mol. The monoisotopic (exact) mass is 531 g/mol. The third-order valence-corrected chi connectivity index (χ3v) is 7.96. The first kappa shape index (κ1) is 26.6. The predicted molar refractivity (Wildman–Crippen MR) is 138 cm³/mol. The minimum Gasteiger partial charge on any atom is -0.469 e. The number of benzene rings is 2. The maximum Gasteiger partial charge on any atom is 0.309 e. The highest BCUT2D eigenvalue weighted by atomic mass is 32.2. The first-order valence-corrected chi connectivity index (χ1v) is 13.7. The smallest absolute Gasteiger partial charge is 0.309 e. The van der Waals surface area contributed by atoms with E-state index in [9.17, 15) is 22.4 Å². The van der Waals surface area contributed by atoms with Crippen LogP contribution < -0.4 is 14.9 Å². The van der Waals surface area contributed by atoms with Gasteiger partial charge < -0.3 is 19.8 Å². The van der Waals surface area contributed by atoms with Crippen molar-refractivity contribution in [2.75, 3.05) is 44.9 Å². The van der Waals surface area contributed by atoms with Gasteiger partial charge in [0.05, 0.1) is 30.5 Å². The van der Waals surface area contributed by atoms with Gasteiger partial charge in [0, 0.05) is 37.7 Å². The molecule has 37 heavy (non-hydrogen) atoms. The SMILES string of the molecule is CNC(=O)c1c(-c2ccc(F)cc2)oc2cc(N(C)S(C)(=O)=O)c(CC3CNCC(C(=O)OC)C3)cc12. The lowest BCUT2D eigenvalue weighted by Crippen LogP contribution is -2.41. The van der Waals surface area contributed by atoms with Gasteiger partial charge in [-0.15, -0.1) is 0 Å². The number of nitrogens with zero attached hydrogens (tertiary/aromatic N) is 1. The normalized spacial score (nSPS) is 18.0. The molecular weight excluding hydrogens is 501 g/mol. The highest BCUT2D eigenvalue weighted by Crippen LogP contribution is 2.39. The van der Waals surface area contributed by atoms with E-state index >= 15 is 0 Å². The fourth-order valence-electron chi connectivity index (χ4n) is 4.81. The number of furan rings is 1. The Morgan fingerprint density at radius 1 is 1.22 bits per heavy atom. The van der Waals surface area contributed by atoms with Crippen LogP contribution in [0.1, 0.15) is 22.3 Å². The number of piperidine rings is 1. The number of hydrogen-bond acceptors (Lipinski definition) is 7. The largest absolute Gasteiger partial charge is 0.469 e. The van der Waals surface area contributed by atoms with Crippen molar-refractivity contribution in [1.29, 1.82) is 0 Å². The predicted octanol–water partition coefficient (Wildman–Crippen LogP) is 2.94. The summed E-state index contributed by atoms with van der Waals surface area (Å²) in [6, 6.07) is 8.97. The van der Waals surface area contributed by atoms with Crippen LogP contribution in [-0.2, 0) is 26.0 Å². The first-order valence-electron chi connectivity index (χ1n) is 11.8. The minimum atomic E-state index is -3.62. The van der Waals surface area contributed by atoms with Crippen LogP contribution in [0.4, 0.5) is 10.1 Å². The molecule has 2 heterocycles. The highest BCUT2D eigenvalue weighted by Gasteiger charge is 2.30. The zero-order chi connectivity index (χ0) is 26.9. The van der Waals surface area contributed by atoms with Crippen LogP contribution in [0.2, 0.25) is 0 Å². The number of fused-ring (bicyclic) bond motifs is 1. The van der Waals surface area contributed by atoms with Gasteiger partial charge in [0.1, 0.15) is 17.2 Å². The van der Waals surface area contributed by atoms with Crippen LogP contribution in [0.15, 0.2) is 40.8 Å². The van der Waals surface area contributed by atoms with Gasteiger partial charge in [-0.2, -0.15) is 0 Å². The molecule has 2 aromatic carbocycles. The highest BCUT2D eigenvalue weighted by molar-refractivity contribution is 7.92. The molecule has 0 saturated carbocycles. The van der Waals surface area contributed by atoms with Gasteiger partial charge in [0.15, 0.2) is 0 Å². The van der Waals surface area contributed by atoms with Crippen LogP contribution in [0, 0.1) is 17.7 Å². The van der Waals surface area contributed by atoms with Crippen molar-refractivity contribution in [1.82, 2.24) is 10.6 Å². The summed E-state index contributed by atoms with van der Waals surface area (Å²) in [5.74, 6) is -1.13.